The van der Waals surface area contributed by atoms with Crippen molar-refractivity contribution in [3.63, 3.8) is 0 Å². The van der Waals surface area contributed by atoms with E-state index in [2.05, 4.69) is 30.9 Å². The lowest BCUT2D eigenvalue weighted by atomic mass is 10.1. The zero-order chi connectivity index (χ0) is 12.7. The van der Waals surface area contributed by atoms with Crippen LogP contribution in [0.4, 0.5) is 0 Å². The summed E-state index contributed by atoms with van der Waals surface area (Å²) in [7, 11) is 1.43. The molecule has 0 aliphatic carbocycles. The molecule has 0 aliphatic rings. The highest BCUT2D eigenvalue weighted by Crippen LogP contribution is 2.10. The summed E-state index contributed by atoms with van der Waals surface area (Å²) in [4.78, 5) is 13.4. The fourth-order valence-corrected chi connectivity index (χ4v) is 1.81. The maximum atomic E-state index is 11.3. The van der Waals surface area contributed by atoms with Crippen LogP contribution >= 0.6 is 0 Å². The predicted octanol–water partition coefficient (Wildman–Crippen LogP) is 2.38. The van der Waals surface area contributed by atoms with E-state index >= 15 is 0 Å². The van der Waals surface area contributed by atoms with Crippen LogP contribution in [0, 0.1) is 6.92 Å². The molecule has 3 heteroatoms. The number of aryl methyl sites for hydroxylation is 1. The van der Waals surface area contributed by atoms with Crippen molar-refractivity contribution in [3.05, 3.63) is 35.4 Å². The molecular formula is C14H21NO2. The standard InChI is InChI=1S/C14H21NO2/c1-4-9-15(11-14(16)17-3)10-13-8-6-5-7-12(13)2/h5-8H,4,9-11H2,1-3H3. The Morgan fingerprint density at radius 2 is 2.06 bits per heavy atom. The second-order valence-corrected chi connectivity index (χ2v) is 4.21. The number of carbonyl (C=O) groups excluding carboxylic acids is 1. The number of carbonyl (C=O) groups is 1. The van der Waals surface area contributed by atoms with Gasteiger partial charge in [-0.3, -0.25) is 9.69 Å². The van der Waals surface area contributed by atoms with Crippen molar-refractivity contribution < 1.29 is 9.53 Å². The first-order chi connectivity index (χ1) is 8.17. The monoisotopic (exact) mass is 235 g/mol. The maximum absolute atomic E-state index is 11.3. The second-order valence-electron chi connectivity index (χ2n) is 4.21. The highest BCUT2D eigenvalue weighted by molar-refractivity contribution is 5.71. The van der Waals surface area contributed by atoms with E-state index in [1.165, 1.54) is 18.2 Å². The molecule has 0 bridgehead atoms. The summed E-state index contributed by atoms with van der Waals surface area (Å²) in [5.74, 6) is -0.174. The van der Waals surface area contributed by atoms with Crippen molar-refractivity contribution in [3.8, 4) is 0 Å². The molecule has 17 heavy (non-hydrogen) atoms. The maximum Gasteiger partial charge on any atom is 0.319 e. The third-order valence-corrected chi connectivity index (χ3v) is 2.78. The number of benzene rings is 1. The normalized spacial score (nSPS) is 10.6. The number of methoxy groups -OCH3 is 1. The van der Waals surface area contributed by atoms with Gasteiger partial charge in [-0.1, -0.05) is 31.2 Å². The lowest BCUT2D eigenvalue weighted by Gasteiger charge is -2.21. The van der Waals surface area contributed by atoms with Crippen molar-refractivity contribution >= 4 is 5.97 Å². The van der Waals surface area contributed by atoms with E-state index in [0.29, 0.717) is 6.54 Å². The summed E-state index contributed by atoms with van der Waals surface area (Å²) >= 11 is 0. The van der Waals surface area contributed by atoms with E-state index in [9.17, 15) is 4.79 Å². The Kier molecular flexibility index (Phi) is 5.70. The fourth-order valence-electron chi connectivity index (χ4n) is 1.81. The third kappa shape index (κ3) is 4.57. The van der Waals surface area contributed by atoms with Gasteiger partial charge in [0.25, 0.3) is 0 Å². The van der Waals surface area contributed by atoms with Gasteiger partial charge in [0.05, 0.1) is 13.7 Å². The van der Waals surface area contributed by atoms with Crippen LogP contribution in [0.5, 0.6) is 0 Å². The molecule has 0 aliphatic heterocycles. The Morgan fingerprint density at radius 3 is 2.65 bits per heavy atom. The fraction of sp³-hybridized carbons (Fsp3) is 0.500. The molecule has 94 valence electrons. The van der Waals surface area contributed by atoms with Crippen molar-refractivity contribution in [2.75, 3.05) is 20.2 Å². The number of hydrogen-bond acceptors (Lipinski definition) is 3. The zero-order valence-electron chi connectivity index (χ0n) is 10.9. The molecule has 1 rings (SSSR count). The lowest BCUT2D eigenvalue weighted by Crippen LogP contribution is -2.31. The van der Waals surface area contributed by atoms with Crippen LogP contribution in [0.2, 0.25) is 0 Å². The van der Waals surface area contributed by atoms with E-state index in [0.717, 1.165) is 19.5 Å². The molecule has 1 aromatic rings. The largest absolute Gasteiger partial charge is 0.468 e. The third-order valence-electron chi connectivity index (χ3n) is 2.78. The molecule has 0 saturated carbocycles. The van der Waals surface area contributed by atoms with Crippen LogP contribution in [0.3, 0.4) is 0 Å². The van der Waals surface area contributed by atoms with E-state index in [-0.39, 0.29) is 5.97 Å². The molecular weight excluding hydrogens is 214 g/mol. The van der Waals surface area contributed by atoms with Crippen molar-refractivity contribution in [2.24, 2.45) is 0 Å². The quantitative estimate of drug-likeness (QED) is 0.709. The molecule has 0 N–H and O–H groups in total. The van der Waals surface area contributed by atoms with Crippen LogP contribution in [0.15, 0.2) is 24.3 Å². The van der Waals surface area contributed by atoms with Crippen LogP contribution in [0.25, 0.3) is 0 Å². The summed E-state index contributed by atoms with van der Waals surface area (Å²) in [6.45, 7) is 6.28. The summed E-state index contributed by atoms with van der Waals surface area (Å²) in [5.41, 5.74) is 2.53. The smallest absolute Gasteiger partial charge is 0.319 e. The first-order valence-corrected chi connectivity index (χ1v) is 6.01. The van der Waals surface area contributed by atoms with Crippen LogP contribution < -0.4 is 0 Å². The molecule has 0 radical (unpaired) electrons. The molecule has 1 aromatic carbocycles. The Morgan fingerprint density at radius 1 is 1.35 bits per heavy atom. The Balaban J connectivity index is 2.66. The minimum absolute atomic E-state index is 0.174. The lowest BCUT2D eigenvalue weighted by molar-refractivity contribution is -0.142. The second kappa shape index (κ2) is 7.07. The zero-order valence-corrected chi connectivity index (χ0v) is 10.9. The number of esters is 1. The highest BCUT2D eigenvalue weighted by atomic mass is 16.5. The van der Waals surface area contributed by atoms with Crippen LogP contribution in [0.1, 0.15) is 24.5 Å². The molecule has 0 amide bonds. The van der Waals surface area contributed by atoms with E-state index in [1.54, 1.807) is 0 Å². The Labute approximate surface area is 103 Å². The van der Waals surface area contributed by atoms with Gasteiger partial charge in [0.1, 0.15) is 0 Å². The van der Waals surface area contributed by atoms with Crippen molar-refractivity contribution in [1.29, 1.82) is 0 Å². The van der Waals surface area contributed by atoms with Crippen LogP contribution in [-0.2, 0) is 16.1 Å². The van der Waals surface area contributed by atoms with Gasteiger partial charge in [0.15, 0.2) is 0 Å². The van der Waals surface area contributed by atoms with Gasteiger partial charge in [0.2, 0.25) is 0 Å². The van der Waals surface area contributed by atoms with Gasteiger partial charge in [-0.15, -0.1) is 0 Å². The Bertz CT molecular complexity index is 363. The van der Waals surface area contributed by atoms with E-state index in [1.807, 2.05) is 12.1 Å². The summed E-state index contributed by atoms with van der Waals surface area (Å²) in [5, 5.41) is 0. The molecule has 0 spiro atoms. The van der Waals surface area contributed by atoms with Gasteiger partial charge in [0, 0.05) is 6.54 Å². The first kappa shape index (κ1) is 13.7. The number of nitrogens with zero attached hydrogens (tertiary/aromatic N) is 1. The molecule has 0 aromatic heterocycles. The average molecular weight is 235 g/mol. The topological polar surface area (TPSA) is 29.5 Å². The van der Waals surface area contributed by atoms with E-state index in [4.69, 9.17) is 4.74 Å². The van der Waals surface area contributed by atoms with Gasteiger partial charge in [-0.05, 0) is 31.0 Å². The molecule has 0 fully saturated rings. The van der Waals surface area contributed by atoms with Crippen molar-refractivity contribution in [1.82, 2.24) is 4.90 Å². The number of ether oxygens (including phenoxy) is 1. The van der Waals surface area contributed by atoms with Gasteiger partial charge < -0.3 is 4.74 Å². The Hall–Kier alpha value is -1.35. The highest BCUT2D eigenvalue weighted by Gasteiger charge is 2.11. The van der Waals surface area contributed by atoms with Crippen molar-refractivity contribution in [2.45, 2.75) is 26.8 Å². The number of hydrogen-bond donors (Lipinski definition) is 0. The van der Waals surface area contributed by atoms with E-state index < -0.39 is 0 Å². The molecule has 0 saturated heterocycles. The number of rotatable bonds is 6. The minimum atomic E-state index is -0.174. The van der Waals surface area contributed by atoms with Gasteiger partial charge >= 0.3 is 5.97 Å². The summed E-state index contributed by atoms with van der Waals surface area (Å²) in [6, 6.07) is 8.26. The molecule has 0 unspecified atom stereocenters. The predicted molar refractivity (Wildman–Crippen MR) is 68.8 cm³/mol. The van der Waals surface area contributed by atoms with Gasteiger partial charge in [-0.2, -0.15) is 0 Å². The molecule has 0 atom stereocenters. The van der Waals surface area contributed by atoms with Gasteiger partial charge in [-0.25, -0.2) is 0 Å². The summed E-state index contributed by atoms with van der Waals surface area (Å²) < 4.78 is 4.71. The summed E-state index contributed by atoms with van der Waals surface area (Å²) in [6.07, 6.45) is 1.03. The minimum Gasteiger partial charge on any atom is -0.468 e. The SMILES string of the molecule is CCCN(CC(=O)OC)Cc1ccccc1C. The first-order valence-electron chi connectivity index (χ1n) is 6.01. The molecule has 3 nitrogen and oxygen atoms in total. The average Bonchev–Trinajstić information content (AvgIpc) is 2.32. The van der Waals surface area contributed by atoms with Crippen LogP contribution in [-0.4, -0.2) is 31.1 Å². The molecule has 0 heterocycles.